The Kier molecular flexibility index (Phi) is 2.74. The van der Waals surface area contributed by atoms with Gasteiger partial charge in [-0.25, -0.2) is 9.37 Å². The summed E-state index contributed by atoms with van der Waals surface area (Å²) in [6.07, 6.45) is -5.15. The fraction of sp³-hybridized carbons (Fsp3) is 0.143. The average molecular weight is 224 g/mol. The molecule has 0 spiro atoms. The first-order valence-corrected chi connectivity index (χ1v) is 3.35. The SMILES string of the molecule is N#Cc1nc(F)c(OC(F)(F)F)cc1F. The Morgan fingerprint density at radius 2 is 1.93 bits per heavy atom. The quantitative estimate of drug-likeness (QED) is 0.542. The second-order valence-electron chi connectivity index (χ2n) is 2.27. The summed E-state index contributed by atoms with van der Waals surface area (Å²) in [5.41, 5.74) is -0.943. The summed E-state index contributed by atoms with van der Waals surface area (Å²) in [5.74, 6) is -4.51. The van der Waals surface area contributed by atoms with Crippen molar-refractivity contribution >= 4 is 0 Å². The van der Waals surface area contributed by atoms with Gasteiger partial charge in [-0.1, -0.05) is 0 Å². The molecule has 0 atom stereocenters. The van der Waals surface area contributed by atoms with Crippen molar-refractivity contribution in [3.05, 3.63) is 23.5 Å². The molecular weight excluding hydrogens is 223 g/mol. The zero-order chi connectivity index (χ0) is 11.6. The van der Waals surface area contributed by atoms with Crippen LogP contribution in [0.1, 0.15) is 5.69 Å². The van der Waals surface area contributed by atoms with Gasteiger partial charge in [0.1, 0.15) is 6.07 Å². The van der Waals surface area contributed by atoms with Crippen LogP contribution in [-0.4, -0.2) is 11.3 Å². The first kappa shape index (κ1) is 11.2. The van der Waals surface area contributed by atoms with E-state index in [1.165, 1.54) is 0 Å². The Morgan fingerprint density at radius 1 is 1.33 bits per heavy atom. The van der Waals surface area contributed by atoms with Crippen LogP contribution in [0, 0.1) is 23.1 Å². The molecule has 0 saturated heterocycles. The van der Waals surface area contributed by atoms with Gasteiger partial charge in [-0.2, -0.15) is 9.65 Å². The van der Waals surface area contributed by atoms with Gasteiger partial charge in [-0.3, -0.25) is 0 Å². The number of alkyl halides is 3. The molecule has 1 rings (SSSR count). The largest absolute Gasteiger partial charge is 0.573 e. The lowest BCUT2D eigenvalue weighted by Gasteiger charge is -2.08. The Bertz CT molecular complexity index is 423. The van der Waals surface area contributed by atoms with E-state index in [0.29, 0.717) is 0 Å². The van der Waals surface area contributed by atoms with E-state index in [-0.39, 0.29) is 6.07 Å². The molecule has 1 aromatic rings. The number of nitriles is 1. The van der Waals surface area contributed by atoms with Crippen LogP contribution >= 0.6 is 0 Å². The van der Waals surface area contributed by atoms with Crippen LogP contribution in [0.15, 0.2) is 6.07 Å². The van der Waals surface area contributed by atoms with E-state index in [2.05, 4.69) is 9.72 Å². The maximum atomic E-state index is 12.7. The Hall–Kier alpha value is -1.91. The van der Waals surface area contributed by atoms with Gasteiger partial charge in [-0.15, -0.1) is 13.2 Å². The standard InChI is InChI=1S/C7HF5N2O/c8-3-1-5(15-7(10,11)12)6(9)14-4(3)2-13/h1H. The van der Waals surface area contributed by atoms with Gasteiger partial charge < -0.3 is 4.74 Å². The molecule has 15 heavy (non-hydrogen) atoms. The molecule has 3 nitrogen and oxygen atoms in total. The maximum absolute atomic E-state index is 12.7. The molecule has 8 heteroatoms. The van der Waals surface area contributed by atoms with Crippen LogP contribution in [0.4, 0.5) is 22.0 Å². The fourth-order valence-corrected chi connectivity index (χ4v) is 0.724. The molecule has 0 fully saturated rings. The minimum Gasteiger partial charge on any atom is -0.401 e. The third kappa shape index (κ3) is 2.77. The number of hydrogen-bond donors (Lipinski definition) is 0. The van der Waals surface area contributed by atoms with Crippen LogP contribution in [0.2, 0.25) is 0 Å². The molecule has 0 amide bonds. The highest BCUT2D eigenvalue weighted by Gasteiger charge is 2.33. The molecule has 0 N–H and O–H groups in total. The summed E-state index contributed by atoms with van der Waals surface area (Å²) in [6, 6.07) is 1.27. The van der Waals surface area contributed by atoms with E-state index in [1.54, 1.807) is 0 Å². The third-order valence-electron chi connectivity index (χ3n) is 1.23. The van der Waals surface area contributed by atoms with Gasteiger partial charge in [0.05, 0.1) is 0 Å². The Balaban J connectivity index is 3.13. The van der Waals surface area contributed by atoms with Crippen molar-refractivity contribution in [2.24, 2.45) is 0 Å². The lowest BCUT2D eigenvalue weighted by Crippen LogP contribution is -2.18. The van der Waals surface area contributed by atoms with Gasteiger partial charge in [0.25, 0.3) is 5.95 Å². The van der Waals surface area contributed by atoms with Crippen LogP contribution < -0.4 is 4.74 Å². The Morgan fingerprint density at radius 3 is 2.40 bits per heavy atom. The molecule has 0 aliphatic heterocycles. The lowest BCUT2D eigenvalue weighted by atomic mass is 10.3. The highest BCUT2D eigenvalue weighted by Crippen LogP contribution is 2.25. The molecule has 80 valence electrons. The first-order valence-electron chi connectivity index (χ1n) is 3.35. The molecule has 1 heterocycles. The molecule has 0 aromatic carbocycles. The molecule has 0 aliphatic carbocycles. The van der Waals surface area contributed by atoms with Crippen LogP contribution in [0.5, 0.6) is 5.75 Å². The summed E-state index contributed by atoms with van der Waals surface area (Å²) in [4.78, 5) is 2.65. The zero-order valence-corrected chi connectivity index (χ0v) is 6.77. The van der Waals surface area contributed by atoms with Crippen molar-refractivity contribution < 1.29 is 26.7 Å². The molecule has 0 aliphatic rings. The van der Waals surface area contributed by atoms with E-state index >= 15 is 0 Å². The van der Waals surface area contributed by atoms with Crippen molar-refractivity contribution in [1.82, 2.24) is 4.98 Å². The first-order chi connectivity index (χ1) is 6.83. The summed E-state index contributed by atoms with van der Waals surface area (Å²) in [5, 5.41) is 8.18. The van der Waals surface area contributed by atoms with Gasteiger partial charge in [0.2, 0.25) is 0 Å². The van der Waals surface area contributed by atoms with Gasteiger partial charge in [0, 0.05) is 6.07 Å². The van der Waals surface area contributed by atoms with E-state index in [9.17, 15) is 22.0 Å². The number of halogens is 5. The van der Waals surface area contributed by atoms with Crippen molar-refractivity contribution in [3.8, 4) is 11.8 Å². The summed E-state index contributed by atoms with van der Waals surface area (Å²) >= 11 is 0. The van der Waals surface area contributed by atoms with Gasteiger partial charge >= 0.3 is 6.36 Å². The van der Waals surface area contributed by atoms with Crippen LogP contribution in [0.3, 0.4) is 0 Å². The van der Waals surface area contributed by atoms with Crippen molar-refractivity contribution in [2.75, 3.05) is 0 Å². The minimum absolute atomic E-state index is 0.106. The third-order valence-corrected chi connectivity index (χ3v) is 1.23. The summed E-state index contributed by atoms with van der Waals surface area (Å²) in [6.45, 7) is 0. The predicted molar refractivity (Wildman–Crippen MR) is 35.6 cm³/mol. The number of ether oxygens (including phenoxy) is 1. The van der Waals surface area contributed by atoms with Gasteiger partial charge in [0.15, 0.2) is 17.3 Å². The lowest BCUT2D eigenvalue weighted by molar-refractivity contribution is -0.275. The fourth-order valence-electron chi connectivity index (χ4n) is 0.724. The molecule has 0 saturated carbocycles. The molecule has 1 aromatic heterocycles. The predicted octanol–water partition coefficient (Wildman–Crippen LogP) is 2.13. The van der Waals surface area contributed by atoms with Crippen LogP contribution in [0.25, 0.3) is 0 Å². The summed E-state index contributed by atoms with van der Waals surface area (Å²) < 4.78 is 63.4. The Labute approximate surface area is 79.7 Å². The minimum atomic E-state index is -5.15. The number of nitrogens with zero attached hydrogens (tertiary/aromatic N) is 2. The second kappa shape index (κ2) is 3.68. The number of aromatic nitrogens is 1. The van der Waals surface area contributed by atoms with Crippen LogP contribution in [-0.2, 0) is 0 Å². The molecule has 0 bridgehead atoms. The number of rotatable bonds is 1. The molecular formula is C7HF5N2O. The highest BCUT2D eigenvalue weighted by molar-refractivity contribution is 5.29. The average Bonchev–Trinajstić information content (AvgIpc) is 2.08. The smallest absolute Gasteiger partial charge is 0.401 e. The second-order valence-corrected chi connectivity index (χ2v) is 2.27. The normalized spacial score (nSPS) is 10.9. The summed E-state index contributed by atoms with van der Waals surface area (Å²) in [7, 11) is 0. The van der Waals surface area contributed by atoms with E-state index in [1.807, 2.05) is 0 Å². The number of hydrogen-bond acceptors (Lipinski definition) is 3. The molecule has 0 unspecified atom stereocenters. The van der Waals surface area contributed by atoms with E-state index in [4.69, 9.17) is 5.26 Å². The highest BCUT2D eigenvalue weighted by atomic mass is 19.4. The molecule has 0 radical (unpaired) electrons. The topological polar surface area (TPSA) is 45.9 Å². The maximum Gasteiger partial charge on any atom is 0.573 e. The number of pyridine rings is 1. The van der Waals surface area contributed by atoms with Crippen molar-refractivity contribution in [1.29, 1.82) is 5.26 Å². The zero-order valence-electron chi connectivity index (χ0n) is 6.77. The van der Waals surface area contributed by atoms with Crippen molar-refractivity contribution in [2.45, 2.75) is 6.36 Å². The van der Waals surface area contributed by atoms with Crippen molar-refractivity contribution in [3.63, 3.8) is 0 Å². The van der Waals surface area contributed by atoms with Gasteiger partial charge in [-0.05, 0) is 0 Å². The van der Waals surface area contributed by atoms with E-state index < -0.39 is 29.6 Å². The monoisotopic (exact) mass is 224 g/mol. The van der Waals surface area contributed by atoms with E-state index in [0.717, 1.165) is 6.07 Å².